The van der Waals surface area contributed by atoms with Gasteiger partial charge in [-0.25, -0.2) is 4.79 Å². The first-order valence-electron chi connectivity index (χ1n) is 11.2. The van der Waals surface area contributed by atoms with Gasteiger partial charge in [0, 0.05) is 48.8 Å². The molecule has 3 aliphatic heterocycles. The normalized spacial score (nSPS) is 24.0. The lowest BCUT2D eigenvalue weighted by atomic mass is 9.83. The summed E-state index contributed by atoms with van der Waals surface area (Å²) >= 11 is 6.16. The Bertz CT molecular complexity index is 1180. The number of rotatable bonds is 5. The number of hydrogen-bond acceptors (Lipinski definition) is 4. The van der Waals surface area contributed by atoms with Crippen molar-refractivity contribution in [1.29, 1.82) is 0 Å². The lowest BCUT2D eigenvalue weighted by molar-refractivity contribution is -0.134. The van der Waals surface area contributed by atoms with Crippen LogP contribution in [0, 0.1) is 5.92 Å². The molecule has 5 rings (SSSR count). The van der Waals surface area contributed by atoms with Crippen molar-refractivity contribution < 1.29 is 14.4 Å². The van der Waals surface area contributed by atoms with Gasteiger partial charge in [0.15, 0.2) is 0 Å². The Morgan fingerprint density at radius 2 is 1.85 bits per heavy atom. The maximum atomic E-state index is 13.0. The summed E-state index contributed by atoms with van der Waals surface area (Å²) in [4.78, 5) is 53.3. The molecule has 0 aliphatic carbocycles. The fourth-order valence-electron chi connectivity index (χ4n) is 5.25. The molecule has 9 heteroatoms. The summed E-state index contributed by atoms with van der Waals surface area (Å²) in [5, 5.41) is 3.19. The van der Waals surface area contributed by atoms with E-state index < -0.39 is 12.1 Å². The van der Waals surface area contributed by atoms with Crippen molar-refractivity contribution in [3.63, 3.8) is 0 Å². The Labute approximate surface area is 196 Å². The molecule has 8 nitrogen and oxygen atoms in total. The summed E-state index contributed by atoms with van der Waals surface area (Å²) in [6, 6.07) is 11.2. The molecule has 4 heterocycles. The van der Waals surface area contributed by atoms with E-state index in [0.717, 1.165) is 17.0 Å². The second-order valence-electron chi connectivity index (χ2n) is 9.05. The van der Waals surface area contributed by atoms with Crippen LogP contribution in [0.5, 0.6) is 0 Å². The van der Waals surface area contributed by atoms with E-state index in [1.54, 1.807) is 36.4 Å². The first-order chi connectivity index (χ1) is 15.9. The summed E-state index contributed by atoms with van der Waals surface area (Å²) < 4.78 is 1.83. The number of carbonyl (C=O) groups is 3. The van der Waals surface area contributed by atoms with E-state index in [1.807, 2.05) is 15.5 Å². The molecular formula is C24H25ClN4O4. The molecule has 1 N–H and O–H groups in total. The maximum Gasteiger partial charge on any atom is 0.325 e. The Morgan fingerprint density at radius 3 is 2.67 bits per heavy atom. The van der Waals surface area contributed by atoms with Gasteiger partial charge in [-0.3, -0.25) is 19.3 Å². The number of urea groups is 1. The third-order valence-corrected chi connectivity index (χ3v) is 7.24. The van der Waals surface area contributed by atoms with E-state index in [9.17, 15) is 19.2 Å². The quantitative estimate of drug-likeness (QED) is 0.682. The zero-order valence-corrected chi connectivity index (χ0v) is 18.8. The molecule has 0 spiro atoms. The van der Waals surface area contributed by atoms with Gasteiger partial charge in [-0.1, -0.05) is 35.9 Å². The standard InChI is InChI=1S/C24H25ClN4O4/c25-18-5-2-1-4-16(18)14-29-23(32)19(26-24(29)33)8-9-21(30)27-11-15-10-17(13-27)20-6-3-7-22(31)28(20)12-15/h1-7,15,17,19H,8-14H2,(H,26,33)/t15-,17+,19-/m1/s1. The number of piperidine rings is 1. The number of aromatic nitrogens is 1. The maximum absolute atomic E-state index is 13.0. The Hall–Kier alpha value is -3.13. The highest BCUT2D eigenvalue weighted by Gasteiger charge is 2.40. The minimum atomic E-state index is -0.715. The van der Waals surface area contributed by atoms with E-state index in [0.29, 0.717) is 30.2 Å². The minimum absolute atomic E-state index is 0.0128. The van der Waals surface area contributed by atoms with Gasteiger partial charge in [0.25, 0.3) is 11.5 Å². The Morgan fingerprint density at radius 1 is 1.03 bits per heavy atom. The van der Waals surface area contributed by atoms with E-state index >= 15 is 0 Å². The molecule has 2 bridgehead atoms. The molecule has 2 saturated heterocycles. The second kappa shape index (κ2) is 8.67. The average Bonchev–Trinajstić information content (AvgIpc) is 3.07. The lowest BCUT2D eigenvalue weighted by Crippen LogP contribution is -2.49. The number of fused-ring (bicyclic) bond motifs is 4. The molecule has 3 aliphatic rings. The smallest absolute Gasteiger partial charge is 0.325 e. The first-order valence-corrected chi connectivity index (χ1v) is 11.6. The third kappa shape index (κ3) is 4.15. The van der Waals surface area contributed by atoms with E-state index in [-0.39, 0.29) is 48.6 Å². The molecule has 2 fully saturated rings. The van der Waals surface area contributed by atoms with Crippen LogP contribution in [0.3, 0.4) is 0 Å². The fraction of sp³-hybridized carbons (Fsp3) is 0.417. The van der Waals surface area contributed by atoms with Crippen LogP contribution in [0.2, 0.25) is 5.02 Å². The highest BCUT2D eigenvalue weighted by molar-refractivity contribution is 6.31. The molecule has 172 valence electrons. The van der Waals surface area contributed by atoms with Gasteiger partial charge < -0.3 is 14.8 Å². The topological polar surface area (TPSA) is 91.7 Å². The highest BCUT2D eigenvalue weighted by atomic mass is 35.5. The molecule has 2 aromatic rings. The SMILES string of the molecule is O=C(CC[C@H]1NC(=O)N(Cc2ccccc2Cl)C1=O)N1C[C@H]2C[C@@H](C1)c1cccc(=O)n1C2. The van der Waals surface area contributed by atoms with Crippen molar-refractivity contribution in [2.45, 2.75) is 44.3 Å². The molecule has 3 atom stereocenters. The summed E-state index contributed by atoms with van der Waals surface area (Å²) in [5.41, 5.74) is 1.70. The predicted octanol–water partition coefficient (Wildman–Crippen LogP) is 2.35. The van der Waals surface area contributed by atoms with Crippen molar-refractivity contribution in [2.24, 2.45) is 5.92 Å². The number of likely N-dealkylation sites (tertiary alicyclic amines) is 1. The van der Waals surface area contributed by atoms with Crippen LogP contribution in [0.15, 0.2) is 47.3 Å². The van der Waals surface area contributed by atoms with Gasteiger partial charge >= 0.3 is 6.03 Å². The average molecular weight is 469 g/mol. The van der Waals surface area contributed by atoms with E-state index in [4.69, 9.17) is 11.6 Å². The third-order valence-electron chi connectivity index (χ3n) is 6.87. The summed E-state index contributed by atoms with van der Waals surface area (Å²) in [5.74, 6) is 0.0353. The molecule has 1 aromatic carbocycles. The lowest BCUT2D eigenvalue weighted by Gasteiger charge is -2.42. The molecular weight excluding hydrogens is 444 g/mol. The molecule has 0 saturated carbocycles. The second-order valence-corrected chi connectivity index (χ2v) is 9.46. The number of nitrogens with one attached hydrogen (secondary N) is 1. The molecule has 4 amide bonds. The van der Waals surface area contributed by atoms with Crippen LogP contribution in [-0.2, 0) is 22.7 Å². The molecule has 1 aromatic heterocycles. The zero-order chi connectivity index (χ0) is 23.1. The van der Waals surface area contributed by atoms with Crippen LogP contribution >= 0.6 is 11.6 Å². The molecule has 0 radical (unpaired) electrons. The van der Waals surface area contributed by atoms with E-state index in [1.165, 1.54) is 0 Å². The van der Waals surface area contributed by atoms with Crippen LogP contribution in [0.4, 0.5) is 4.79 Å². The van der Waals surface area contributed by atoms with Crippen LogP contribution in [-0.4, -0.2) is 51.3 Å². The number of imide groups is 1. The number of hydrogen-bond donors (Lipinski definition) is 1. The van der Waals surface area contributed by atoms with Crippen molar-refractivity contribution >= 4 is 29.4 Å². The van der Waals surface area contributed by atoms with Crippen LogP contribution in [0.25, 0.3) is 0 Å². The summed E-state index contributed by atoms with van der Waals surface area (Å²) in [6.45, 7) is 1.91. The number of benzene rings is 1. The zero-order valence-electron chi connectivity index (χ0n) is 18.1. The number of nitrogens with zero attached hydrogens (tertiary/aromatic N) is 3. The summed E-state index contributed by atoms with van der Waals surface area (Å²) in [6.07, 6.45) is 1.41. The summed E-state index contributed by atoms with van der Waals surface area (Å²) in [7, 11) is 0. The predicted molar refractivity (Wildman–Crippen MR) is 122 cm³/mol. The van der Waals surface area contributed by atoms with Gasteiger partial charge in [0.2, 0.25) is 5.91 Å². The number of amides is 4. The van der Waals surface area contributed by atoms with Crippen molar-refractivity contribution in [2.75, 3.05) is 13.1 Å². The molecule has 0 unspecified atom stereocenters. The number of pyridine rings is 1. The van der Waals surface area contributed by atoms with Gasteiger partial charge in [-0.2, -0.15) is 0 Å². The van der Waals surface area contributed by atoms with Gasteiger partial charge in [0.1, 0.15) is 6.04 Å². The Kier molecular flexibility index (Phi) is 5.70. The van der Waals surface area contributed by atoms with Gasteiger partial charge in [-0.15, -0.1) is 0 Å². The van der Waals surface area contributed by atoms with Crippen molar-refractivity contribution in [3.8, 4) is 0 Å². The molecule has 33 heavy (non-hydrogen) atoms. The highest BCUT2D eigenvalue weighted by Crippen LogP contribution is 2.35. The fourth-order valence-corrected chi connectivity index (χ4v) is 5.44. The minimum Gasteiger partial charge on any atom is -0.342 e. The van der Waals surface area contributed by atoms with Crippen LogP contribution < -0.4 is 10.9 Å². The van der Waals surface area contributed by atoms with Crippen LogP contribution in [0.1, 0.15) is 36.4 Å². The van der Waals surface area contributed by atoms with Gasteiger partial charge in [0.05, 0.1) is 6.54 Å². The monoisotopic (exact) mass is 468 g/mol. The largest absolute Gasteiger partial charge is 0.342 e. The first kappa shape index (κ1) is 21.7. The van der Waals surface area contributed by atoms with Crippen molar-refractivity contribution in [3.05, 3.63) is 69.1 Å². The van der Waals surface area contributed by atoms with Gasteiger partial charge in [-0.05, 0) is 36.5 Å². The number of carbonyl (C=O) groups excluding carboxylic acids is 3. The van der Waals surface area contributed by atoms with E-state index in [2.05, 4.69) is 5.32 Å². The Balaban J connectivity index is 1.20. The number of halogens is 1. The van der Waals surface area contributed by atoms with Crippen molar-refractivity contribution in [1.82, 2.24) is 19.7 Å².